The van der Waals surface area contributed by atoms with Crippen molar-refractivity contribution >= 4 is 29.1 Å². The Hall–Kier alpha value is -2.34. The Labute approximate surface area is 151 Å². The molecule has 2 aromatic rings. The third kappa shape index (κ3) is 4.82. The number of carbonyl (C=O) groups excluding carboxylic acids is 1. The van der Waals surface area contributed by atoms with Gasteiger partial charge in [-0.05, 0) is 55.2 Å². The van der Waals surface area contributed by atoms with Crippen molar-refractivity contribution in [2.24, 2.45) is 0 Å². The quantitative estimate of drug-likeness (QED) is 0.857. The molecule has 0 saturated carbocycles. The molecule has 1 aliphatic heterocycles. The van der Waals surface area contributed by atoms with Gasteiger partial charge in [-0.2, -0.15) is 0 Å². The van der Waals surface area contributed by atoms with Crippen molar-refractivity contribution in [2.45, 2.75) is 25.8 Å². The second-order valence-electron chi connectivity index (χ2n) is 6.01. The van der Waals surface area contributed by atoms with Crippen LogP contribution in [-0.2, 0) is 6.54 Å². The van der Waals surface area contributed by atoms with Crippen molar-refractivity contribution in [3.8, 4) is 0 Å². The van der Waals surface area contributed by atoms with E-state index in [1.807, 2.05) is 12.1 Å². The fourth-order valence-corrected chi connectivity index (χ4v) is 2.98. The number of benzene rings is 1. The van der Waals surface area contributed by atoms with Gasteiger partial charge in [-0.1, -0.05) is 11.6 Å². The summed E-state index contributed by atoms with van der Waals surface area (Å²) in [5.74, 6) is 0.430. The molecular weight excluding hydrogens is 343 g/mol. The lowest BCUT2D eigenvalue weighted by atomic mass is 10.1. The molecule has 2 heterocycles. The number of hydrogen-bond donors (Lipinski definition) is 2. The molecule has 0 radical (unpaired) electrons. The molecule has 25 heavy (non-hydrogen) atoms. The van der Waals surface area contributed by atoms with Crippen LogP contribution in [0.3, 0.4) is 0 Å². The van der Waals surface area contributed by atoms with Crippen molar-refractivity contribution < 1.29 is 9.18 Å². The summed E-state index contributed by atoms with van der Waals surface area (Å²) in [6, 6.07) is 7.55. The third-order valence-electron chi connectivity index (χ3n) is 4.12. The monoisotopic (exact) mass is 362 g/mol. The topological polar surface area (TPSA) is 57.3 Å². The van der Waals surface area contributed by atoms with Crippen molar-refractivity contribution in [1.82, 2.24) is 10.3 Å². The Bertz CT molecular complexity index is 750. The number of piperidine rings is 1. The van der Waals surface area contributed by atoms with Crippen molar-refractivity contribution in [3.63, 3.8) is 0 Å². The fraction of sp³-hybridized carbons (Fsp3) is 0.333. The summed E-state index contributed by atoms with van der Waals surface area (Å²) >= 11 is 5.70. The maximum absolute atomic E-state index is 13.1. The van der Waals surface area contributed by atoms with Crippen LogP contribution in [0.2, 0.25) is 5.02 Å². The van der Waals surface area contributed by atoms with E-state index in [1.54, 1.807) is 6.20 Å². The lowest BCUT2D eigenvalue weighted by Gasteiger charge is -2.27. The van der Waals surface area contributed by atoms with Gasteiger partial charge in [0.2, 0.25) is 0 Å². The standard InChI is InChI=1S/C18H20ClFN4O/c19-15-11-14(4-5-16(15)20)23-18(25)22-12-13-6-7-21-17(10-13)24-8-2-1-3-9-24/h4-7,10-11H,1-3,8-9,12H2,(H2,22,23,25). The van der Waals surface area contributed by atoms with Crippen molar-refractivity contribution in [1.29, 1.82) is 0 Å². The second kappa shape index (κ2) is 8.16. The Morgan fingerprint density at radius 1 is 1.20 bits per heavy atom. The van der Waals surface area contributed by atoms with Crippen LogP contribution in [0.4, 0.5) is 20.7 Å². The highest BCUT2D eigenvalue weighted by Crippen LogP contribution is 2.20. The van der Waals surface area contributed by atoms with E-state index >= 15 is 0 Å². The minimum Gasteiger partial charge on any atom is -0.357 e. The van der Waals surface area contributed by atoms with Gasteiger partial charge in [-0.25, -0.2) is 14.2 Å². The van der Waals surface area contributed by atoms with Crippen LogP contribution < -0.4 is 15.5 Å². The molecule has 132 valence electrons. The number of anilines is 2. The summed E-state index contributed by atoms with van der Waals surface area (Å²) in [5, 5.41) is 5.38. The van der Waals surface area contributed by atoms with Gasteiger partial charge in [-0.15, -0.1) is 0 Å². The van der Waals surface area contributed by atoms with E-state index in [9.17, 15) is 9.18 Å². The summed E-state index contributed by atoms with van der Waals surface area (Å²) in [6.07, 6.45) is 5.41. The van der Waals surface area contributed by atoms with Crippen LogP contribution in [-0.4, -0.2) is 24.1 Å². The van der Waals surface area contributed by atoms with Gasteiger partial charge >= 0.3 is 6.03 Å². The largest absolute Gasteiger partial charge is 0.357 e. The number of aromatic nitrogens is 1. The molecule has 0 unspecified atom stereocenters. The van der Waals surface area contributed by atoms with Crippen molar-refractivity contribution in [2.75, 3.05) is 23.3 Å². The maximum Gasteiger partial charge on any atom is 0.319 e. The maximum atomic E-state index is 13.1. The third-order valence-corrected chi connectivity index (χ3v) is 4.41. The molecule has 1 aromatic heterocycles. The van der Waals surface area contributed by atoms with E-state index in [0.29, 0.717) is 12.2 Å². The van der Waals surface area contributed by atoms with Crippen molar-refractivity contribution in [3.05, 3.63) is 52.9 Å². The molecule has 0 bridgehead atoms. The van der Waals surface area contributed by atoms with Gasteiger partial charge in [0.1, 0.15) is 11.6 Å². The number of urea groups is 1. The normalized spacial score (nSPS) is 14.2. The molecule has 0 aliphatic carbocycles. The Kier molecular flexibility index (Phi) is 5.71. The Morgan fingerprint density at radius 2 is 2.00 bits per heavy atom. The van der Waals surface area contributed by atoms with Crippen LogP contribution >= 0.6 is 11.6 Å². The number of carbonyl (C=O) groups is 1. The number of hydrogen-bond acceptors (Lipinski definition) is 3. The zero-order chi connectivity index (χ0) is 17.6. The highest BCUT2D eigenvalue weighted by molar-refractivity contribution is 6.31. The minimum atomic E-state index is -0.519. The SMILES string of the molecule is O=C(NCc1ccnc(N2CCCCC2)c1)Nc1ccc(F)c(Cl)c1. The number of amides is 2. The van der Waals surface area contributed by atoms with Crippen LogP contribution in [0.25, 0.3) is 0 Å². The zero-order valence-electron chi connectivity index (χ0n) is 13.8. The summed E-state index contributed by atoms with van der Waals surface area (Å²) in [5.41, 5.74) is 1.41. The molecule has 0 atom stereocenters. The molecule has 1 aliphatic rings. The molecule has 7 heteroatoms. The average Bonchev–Trinajstić information content (AvgIpc) is 2.64. The molecule has 5 nitrogen and oxygen atoms in total. The number of nitrogens with zero attached hydrogens (tertiary/aromatic N) is 2. The van der Waals surface area contributed by atoms with Gasteiger partial charge in [0.15, 0.2) is 0 Å². The van der Waals surface area contributed by atoms with Crippen LogP contribution in [0.15, 0.2) is 36.5 Å². The molecule has 1 fully saturated rings. The first-order chi connectivity index (χ1) is 12.1. The molecule has 0 spiro atoms. The van der Waals surface area contributed by atoms with Gasteiger partial charge in [-0.3, -0.25) is 0 Å². The number of halogens is 2. The summed E-state index contributed by atoms with van der Waals surface area (Å²) in [6.45, 7) is 2.43. The number of nitrogens with one attached hydrogen (secondary N) is 2. The van der Waals surface area contributed by atoms with E-state index < -0.39 is 5.82 Å². The highest BCUT2D eigenvalue weighted by atomic mass is 35.5. The van der Waals surface area contributed by atoms with Gasteiger partial charge in [0.25, 0.3) is 0 Å². The molecule has 2 N–H and O–H groups in total. The lowest BCUT2D eigenvalue weighted by molar-refractivity contribution is 0.251. The highest BCUT2D eigenvalue weighted by Gasteiger charge is 2.12. The second-order valence-corrected chi connectivity index (χ2v) is 6.41. The van der Waals surface area contributed by atoms with Crippen LogP contribution in [0, 0.1) is 5.82 Å². The lowest BCUT2D eigenvalue weighted by Crippen LogP contribution is -2.31. The first-order valence-electron chi connectivity index (χ1n) is 8.31. The van der Waals surface area contributed by atoms with E-state index in [-0.39, 0.29) is 11.1 Å². The summed E-state index contributed by atoms with van der Waals surface area (Å²) in [4.78, 5) is 18.7. The fourth-order valence-electron chi connectivity index (χ4n) is 2.80. The molecular formula is C18H20ClFN4O. The first kappa shape index (κ1) is 17.5. The molecule has 3 rings (SSSR count). The predicted octanol–water partition coefficient (Wildman–Crippen LogP) is 4.19. The molecule has 2 amide bonds. The van der Waals surface area contributed by atoms with Gasteiger partial charge in [0, 0.05) is 31.5 Å². The first-order valence-corrected chi connectivity index (χ1v) is 8.69. The smallest absolute Gasteiger partial charge is 0.319 e. The minimum absolute atomic E-state index is 0.0295. The van der Waals surface area contributed by atoms with E-state index in [4.69, 9.17) is 11.6 Å². The van der Waals surface area contributed by atoms with Gasteiger partial charge < -0.3 is 15.5 Å². The van der Waals surface area contributed by atoms with E-state index in [2.05, 4.69) is 20.5 Å². The number of pyridine rings is 1. The summed E-state index contributed by atoms with van der Waals surface area (Å²) in [7, 11) is 0. The predicted molar refractivity (Wildman–Crippen MR) is 97.6 cm³/mol. The van der Waals surface area contributed by atoms with Crippen LogP contribution in [0.5, 0.6) is 0 Å². The van der Waals surface area contributed by atoms with Crippen LogP contribution in [0.1, 0.15) is 24.8 Å². The van der Waals surface area contributed by atoms with E-state index in [0.717, 1.165) is 24.5 Å². The average molecular weight is 363 g/mol. The summed E-state index contributed by atoms with van der Waals surface area (Å²) < 4.78 is 13.1. The Balaban J connectivity index is 1.55. The molecule has 1 aromatic carbocycles. The Morgan fingerprint density at radius 3 is 2.76 bits per heavy atom. The number of rotatable bonds is 4. The molecule has 1 saturated heterocycles. The zero-order valence-corrected chi connectivity index (χ0v) is 14.5. The van der Waals surface area contributed by atoms with Gasteiger partial charge in [0.05, 0.1) is 5.02 Å². The van der Waals surface area contributed by atoms with E-state index in [1.165, 1.54) is 37.5 Å².